The number of pyridine rings is 1. The smallest absolute Gasteiger partial charge is 0.154 e. The predicted molar refractivity (Wildman–Crippen MR) is 67.5 cm³/mol. The van der Waals surface area contributed by atoms with E-state index in [0.29, 0.717) is 0 Å². The van der Waals surface area contributed by atoms with Gasteiger partial charge in [0.25, 0.3) is 0 Å². The van der Waals surface area contributed by atoms with Gasteiger partial charge in [-0.3, -0.25) is 4.98 Å². The van der Waals surface area contributed by atoms with E-state index in [1.807, 2.05) is 12.1 Å². The fourth-order valence-corrected chi connectivity index (χ4v) is 2.38. The SMILES string of the molecule is C=CC[C@H](N)c1cc(Br)c2c(n1)CCCO2. The zero-order valence-corrected chi connectivity index (χ0v) is 10.7. The Kier molecular flexibility index (Phi) is 3.61. The van der Waals surface area contributed by atoms with Crippen molar-refractivity contribution in [3.05, 3.63) is 34.6 Å². The average Bonchev–Trinajstić information content (AvgIpc) is 2.29. The Hall–Kier alpha value is -0.870. The summed E-state index contributed by atoms with van der Waals surface area (Å²) in [4.78, 5) is 4.56. The van der Waals surface area contributed by atoms with Gasteiger partial charge in [0.15, 0.2) is 5.75 Å². The molecule has 2 N–H and O–H groups in total. The van der Waals surface area contributed by atoms with Crippen LogP contribution in [-0.4, -0.2) is 11.6 Å². The standard InChI is InChI=1S/C12H15BrN2O/c1-2-4-9(14)11-7-8(13)12-10(15-11)5-3-6-16-12/h2,7,9H,1,3-6,14H2/t9-/m0/s1. The van der Waals surface area contributed by atoms with Crippen molar-refractivity contribution in [2.75, 3.05) is 6.61 Å². The van der Waals surface area contributed by atoms with Crippen LogP contribution in [0.2, 0.25) is 0 Å². The Morgan fingerprint density at radius 2 is 2.50 bits per heavy atom. The molecule has 0 amide bonds. The quantitative estimate of drug-likeness (QED) is 0.868. The molecule has 1 aromatic rings. The topological polar surface area (TPSA) is 48.1 Å². The van der Waals surface area contributed by atoms with Crippen LogP contribution in [0, 0.1) is 0 Å². The highest BCUT2D eigenvalue weighted by atomic mass is 79.9. The Morgan fingerprint density at radius 1 is 1.69 bits per heavy atom. The minimum absolute atomic E-state index is 0.0824. The normalized spacial score (nSPS) is 16.1. The predicted octanol–water partition coefficient (Wildman–Crippen LogP) is 2.75. The number of halogens is 1. The van der Waals surface area contributed by atoms with Crippen molar-refractivity contribution in [2.45, 2.75) is 25.3 Å². The summed E-state index contributed by atoms with van der Waals surface area (Å²) in [5.74, 6) is 0.876. The van der Waals surface area contributed by atoms with Crippen LogP contribution in [0.15, 0.2) is 23.2 Å². The number of aromatic nitrogens is 1. The highest BCUT2D eigenvalue weighted by molar-refractivity contribution is 9.10. The molecule has 2 heterocycles. The summed E-state index contributed by atoms with van der Waals surface area (Å²) < 4.78 is 6.53. The number of hydrogen-bond acceptors (Lipinski definition) is 3. The van der Waals surface area contributed by atoms with E-state index in [1.54, 1.807) is 0 Å². The molecule has 0 unspecified atom stereocenters. The Balaban J connectivity index is 2.34. The third kappa shape index (κ3) is 2.28. The number of nitrogens with zero attached hydrogens (tertiary/aromatic N) is 1. The Bertz CT molecular complexity index is 406. The van der Waals surface area contributed by atoms with E-state index in [1.165, 1.54) is 0 Å². The molecular formula is C12H15BrN2O. The summed E-state index contributed by atoms with van der Waals surface area (Å²) in [5, 5.41) is 0. The third-order valence-electron chi connectivity index (χ3n) is 2.62. The second-order valence-electron chi connectivity index (χ2n) is 3.89. The molecule has 0 aromatic carbocycles. The van der Waals surface area contributed by atoms with Crippen LogP contribution in [0.25, 0.3) is 0 Å². The number of aryl methyl sites for hydroxylation is 1. The monoisotopic (exact) mass is 282 g/mol. The van der Waals surface area contributed by atoms with E-state index in [2.05, 4.69) is 27.5 Å². The van der Waals surface area contributed by atoms with E-state index in [-0.39, 0.29) is 6.04 Å². The van der Waals surface area contributed by atoms with Crippen molar-refractivity contribution < 1.29 is 4.74 Å². The molecule has 0 saturated carbocycles. The largest absolute Gasteiger partial charge is 0.490 e. The fourth-order valence-electron chi connectivity index (χ4n) is 1.80. The van der Waals surface area contributed by atoms with E-state index < -0.39 is 0 Å². The molecule has 0 bridgehead atoms. The molecule has 2 rings (SSSR count). The molecule has 1 atom stereocenters. The van der Waals surface area contributed by atoms with Crippen molar-refractivity contribution in [1.29, 1.82) is 0 Å². The number of hydrogen-bond donors (Lipinski definition) is 1. The lowest BCUT2D eigenvalue weighted by atomic mass is 10.1. The summed E-state index contributed by atoms with van der Waals surface area (Å²) in [5.41, 5.74) is 7.92. The maximum Gasteiger partial charge on any atom is 0.154 e. The number of nitrogens with two attached hydrogens (primary N) is 1. The molecule has 0 fully saturated rings. The van der Waals surface area contributed by atoms with Crippen molar-refractivity contribution >= 4 is 15.9 Å². The Labute approximate surface area is 104 Å². The lowest BCUT2D eigenvalue weighted by Gasteiger charge is -2.20. The summed E-state index contributed by atoms with van der Waals surface area (Å²) >= 11 is 3.51. The van der Waals surface area contributed by atoms with Gasteiger partial charge in [-0.15, -0.1) is 6.58 Å². The van der Waals surface area contributed by atoms with Gasteiger partial charge in [0.05, 0.1) is 28.5 Å². The van der Waals surface area contributed by atoms with E-state index in [4.69, 9.17) is 10.5 Å². The van der Waals surface area contributed by atoms with Crippen molar-refractivity contribution in [3.8, 4) is 5.75 Å². The van der Waals surface area contributed by atoms with Gasteiger partial charge in [0.2, 0.25) is 0 Å². The van der Waals surface area contributed by atoms with Crippen LogP contribution in [-0.2, 0) is 6.42 Å². The van der Waals surface area contributed by atoms with E-state index in [0.717, 1.165) is 47.5 Å². The molecule has 16 heavy (non-hydrogen) atoms. The molecule has 0 radical (unpaired) electrons. The summed E-state index contributed by atoms with van der Waals surface area (Å²) in [6.45, 7) is 4.46. The fraction of sp³-hybridized carbons (Fsp3) is 0.417. The van der Waals surface area contributed by atoms with E-state index in [9.17, 15) is 0 Å². The van der Waals surface area contributed by atoms with Crippen molar-refractivity contribution in [1.82, 2.24) is 4.98 Å². The van der Waals surface area contributed by atoms with Crippen LogP contribution in [0.4, 0.5) is 0 Å². The van der Waals surface area contributed by atoms with Crippen LogP contribution < -0.4 is 10.5 Å². The van der Waals surface area contributed by atoms with Gasteiger partial charge in [-0.2, -0.15) is 0 Å². The van der Waals surface area contributed by atoms with Crippen LogP contribution in [0.1, 0.15) is 30.3 Å². The number of ether oxygens (including phenoxy) is 1. The molecular weight excluding hydrogens is 268 g/mol. The molecule has 1 aliphatic heterocycles. The second-order valence-corrected chi connectivity index (χ2v) is 4.74. The molecule has 0 saturated heterocycles. The lowest BCUT2D eigenvalue weighted by molar-refractivity contribution is 0.282. The van der Waals surface area contributed by atoms with Gasteiger partial charge >= 0.3 is 0 Å². The average molecular weight is 283 g/mol. The van der Waals surface area contributed by atoms with Gasteiger partial charge in [0.1, 0.15) is 0 Å². The first-order valence-electron chi connectivity index (χ1n) is 5.41. The summed E-state index contributed by atoms with van der Waals surface area (Å²) in [6.07, 6.45) is 4.53. The van der Waals surface area contributed by atoms with Crippen molar-refractivity contribution in [2.24, 2.45) is 5.73 Å². The highest BCUT2D eigenvalue weighted by Gasteiger charge is 2.18. The molecule has 3 nitrogen and oxygen atoms in total. The van der Waals surface area contributed by atoms with Gasteiger partial charge in [-0.05, 0) is 41.3 Å². The second kappa shape index (κ2) is 4.97. The summed E-state index contributed by atoms with van der Waals surface area (Å²) in [6, 6.07) is 1.86. The zero-order chi connectivity index (χ0) is 11.5. The molecule has 0 spiro atoms. The van der Waals surface area contributed by atoms with Gasteiger partial charge in [0, 0.05) is 0 Å². The first-order valence-corrected chi connectivity index (χ1v) is 6.20. The number of rotatable bonds is 3. The van der Waals surface area contributed by atoms with Crippen LogP contribution in [0.5, 0.6) is 5.75 Å². The molecule has 4 heteroatoms. The lowest BCUT2D eigenvalue weighted by Crippen LogP contribution is -2.16. The first kappa shape index (κ1) is 11.6. The minimum atomic E-state index is -0.0824. The molecule has 0 aliphatic carbocycles. The minimum Gasteiger partial charge on any atom is -0.490 e. The van der Waals surface area contributed by atoms with Crippen LogP contribution in [0.3, 0.4) is 0 Å². The first-order chi connectivity index (χ1) is 7.72. The Morgan fingerprint density at radius 3 is 3.25 bits per heavy atom. The molecule has 1 aliphatic rings. The van der Waals surface area contributed by atoms with Gasteiger partial charge < -0.3 is 10.5 Å². The van der Waals surface area contributed by atoms with E-state index >= 15 is 0 Å². The molecule has 1 aromatic heterocycles. The zero-order valence-electron chi connectivity index (χ0n) is 9.08. The van der Waals surface area contributed by atoms with Gasteiger partial charge in [-0.1, -0.05) is 6.08 Å². The third-order valence-corrected chi connectivity index (χ3v) is 3.21. The van der Waals surface area contributed by atoms with Gasteiger partial charge in [-0.25, -0.2) is 0 Å². The summed E-state index contributed by atoms with van der Waals surface area (Å²) in [7, 11) is 0. The van der Waals surface area contributed by atoms with Crippen LogP contribution >= 0.6 is 15.9 Å². The van der Waals surface area contributed by atoms with Crippen molar-refractivity contribution in [3.63, 3.8) is 0 Å². The highest BCUT2D eigenvalue weighted by Crippen LogP contribution is 2.33. The molecule has 86 valence electrons. The maximum atomic E-state index is 6.01. The maximum absolute atomic E-state index is 6.01. The number of fused-ring (bicyclic) bond motifs is 1.